The Balaban J connectivity index is 3.04. The van der Waals surface area contributed by atoms with Gasteiger partial charge in [-0.3, -0.25) is 10.1 Å². The minimum absolute atomic E-state index is 0.0646. The van der Waals surface area contributed by atoms with Gasteiger partial charge >= 0.3 is 5.69 Å². The fourth-order valence-corrected chi connectivity index (χ4v) is 1.73. The molecule has 0 unspecified atom stereocenters. The number of nitrogens with one attached hydrogen (secondary N) is 1. The summed E-state index contributed by atoms with van der Waals surface area (Å²) in [5, 5.41) is 14.1. The van der Waals surface area contributed by atoms with Crippen molar-refractivity contribution in [2.45, 2.75) is 27.2 Å². The van der Waals surface area contributed by atoms with Crippen LogP contribution in [0.1, 0.15) is 27.2 Å². The fourth-order valence-electron chi connectivity index (χ4n) is 1.73. The van der Waals surface area contributed by atoms with Gasteiger partial charge in [0.1, 0.15) is 6.20 Å². The van der Waals surface area contributed by atoms with Crippen LogP contribution in [0, 0.1) is 16.0 Å². The Hall–Kier alpha value is -1.92. The molecule has 0 spiro atoms. The molecule has 1 N–H and O–H groups in total. The number of rotatable bonds is 7. The lowest BCUT2D eigenvalue weighted by Crippen LogP contribution is -2.25. The second kappa shape index (κ2) is 6.86. The van der Waals surface area contributed by atoms with E-state index in [1.54, 1.807) is 11.9 Å². The predicted molar refractivity (Wildman–Crippen MR) is 75.6 cm³/mol. The van der Waals surface area contributed by atoms with Gasteiger partial charge in [0.2, 0.25) is 11.8 Å². The fraction of sp³-hybridized carbons (Fsp3) is 0.667. The van der Waals surface area contributed by atoms with Gasteiger partial charge in [-0.2, -0.15) is 4.98 Å². The van der Waals surface area contributed by atoms with Crippen molar-refractivity contribution in [2.75, 3.05) is 30.4 Å². The van der Waals surface area contributed by atoms with Crippen molar-refractivity contribution in [3.05, 3.63) is 16.3 Å². The van der Waals surface area contributed by atoms with Gasteiger partial charge in [-0.1, -0.05) is 20.8 Å². The van der Waals surface area contributed by atoms with Gasteiger partial charge in [0.25, 0.3) is 0 Å². The largest absolute Gasteiger partial charge is 0.354 e. The number of anilines is 2. The molecular weight excluding hydrogens is 246 g/mol. The minimum atomic E-state index is -0.449. The highest BCUT2D eigenvalue weighted by Crippen LogP contribution is 2.25. The molecule has 1 aromatic heterocycles. The molecule has 7 heteroatoms. The molecule has 0 saturated heterocycles. The smallest absolute Gasteiger partial charge is 0.329 e. The second-order valence-electron chi connectivity index (χ2n) is 4.86. The Kier molecular flexibility index (Phi) is 5.47. The topological polar surface area (TPSA) is 84.2 Å². The van der Waals surface area contributed by atoms with Gasteiger partial charge in [-0.25, -0.2) is 4.98 Å². The molecule has 0 saturated carbocycles. The summed E-state index contributed by atoms with van der Waals surface area (Å²) in [6, 6.07) is 0. The highest BCUT2D eigenvalue weighted by atomic mass is 16.6. The van der Waals surface area contributed by atoms with Crippen molar-refractivity contribution in [1.29, 1.82) is 0 Å². The summed E-state index contributed by atoms with van der Waals surface area (Å²) >= 11 is 0. The number of nitrogens with zero attached hydrogens (tertiary/aromatic N) is 4. The summed E-state index contributed by atoms with van der Waals surface area (Å²) in [6.07, 6.45) is 2.20. The normalized spacial score (nSPS) is 10.6. The van der Waals surface area contributed by atoms with Crippen LogP contribution in [0.3, 0.4) is 0 Å². The molecule has 19 heavy (non-hydrogen) atoms. The van der Waals surface area contributed by atoms with Crippen molar-refractivity contribution in [3.8, 4) is 0 Å². The molecule has 106 valence electrons. The van der Waals surface area contributed by atoms with Crippen LogP contribution in [-0.2, 0) is 0 Å². The molecule has 0 radical (unpaired) electrons. The van der Waals surface area contributed by atoms with E-state index in [2.05, 4.69) is 29.1 Å². The van der Waals surface area contributed by atoms with Crippen LogP contribution in [0.2, 0.25) is 0 Å². The molecule has 0 amide bonds. The van der Waals surface area contributed by atoms with E-state index in [9.17, 15) is 10.1 Å². The summed E-state index contributed by atoms with van der Waals surface area (Å²) in [5.41, 5.74) is -0.0646. The number of nitro groups is 1. The van der Waals surface area contributed by atoms with E-state index in [1.165, 1.54) is 6.20 Å². The maximum Gasteiger partial charge on any atom is 0.329 e. The average Bonchev–Trinajstić information content (AvgIpc) is 2.35. The van der Waals surface area contributed by atoms with Gasteiger partial charge in [0.05, 0.1) is 4.92 Å². The summed E-state index contributed by atoms with van der Waals surface area (Å²) in [5.74, 6) is 1.18. The maximum absolute atomic E-state index is 11.0. The molecule has 0 bridgehead atoms. The van der Waals surface area contributed by atoms with Gasteiger partial charge in [-0.05, 0) is 12.3 Å². The first-order chi connectivity index (χ1) is 8.95. The monoisotopic (exact) mass is 267 g/mol. The van der Waals surface area contributed by atoms with E-state index in [0.717, 1.165) is 13.0 Å². The number of hydrogen-bond acceptors (Lipinski definition) is 6. The van der Waals surface area contributed by atoms with E-state index < -0.39 is 4.92 Å². The van der Waals surface area contributed by atoms with Gasteiger partial charge in [0.15, 0.2) is 0 Å². The molecule has 0 aromatic carbocycles. The molecule has 7 nitrogen and oxygen atoms in total. The predicted octanol–water partition coefficient (Wildman–Crippen LogP) is 2.30. The Morgan fingerprint density at radius 2 is 2.21 bits per heavy atom. The Morgan fingerprint density at radius 3 is 2.74 bits per heavy atom. The van der Waals surface area contributed by atoms with Gasteiger partial charge < -0.3 is 10.2 Å². The van der Waals surface area contributed by atoms with Crippen LogP contribution in [0.15, 0.2) is 6.20 Å². The van der Waals surface area contributed by atoms with Crippen LogP contribution in [0.25, 0.3) is 0 Å². The number of hydrogen-bond donors (Lipinski definition) is 1. The van der Waals surface area contributed by atoms with Crippen LogP contribution >= 0.6 is 0 Å². The first-order valence-corrected chi connectivity index (χ1v) is 6.42. The lowest BCUT2D eigenvalue weighted by Gasteiger charge is -2.20. The molecule has 0 aliphatic rings. The van der Waals surface area contributed by atoms with Crippen molar-refractivity contribution >= 4 is 17.5 Å². The van der Waals surface area contributed by atoms with Crippen LogP contribution in [0.4, 0.5) is 17.5 Å². The first kappa shape index (κ1) is 15.1. The standard InChI is InChI=1S/C12H21N5O2/c1-5-6-13-12-14-7-10(17(18)19)11(15-12)16(4)8-9(2)3/h7,9H,5-6,8H2,1-4H3,(H,13,14,15). The van der Waals surface area contributed by atoms with E-state index in [4.69, 9.17) is 0 Å². The van der Waals surface area contributed by atoms with Gasteiger partial charge in [0, 0.05) is 20.1 Å². The SMILES string of the molecule is CCCNc1ncc([N+](=O)[O-])c(N(C)CC(C)C)n1. The Morgan fingerprint density at radius 1 is 1.53 bits per heavy atom. The summed E-state index contributed by atoms with van der Waals surface area (Å²) in [7, 11) is 1.80. The lowest BCUT2D eigenvalue weighted by molar-refractivity contribution is -0.384. The zero-order valence-electron chi connectivity index (χ0n) is 11.9. The third kappa shape index (κ3) is 4.35. The molecule has 1 rings (SSSR count). The lowest BCUT2D eigenvalue weighted by atomic mass is 10.2. The van der Waals surface area contributed by atoms with Crippen molar-refractivity contribution in [1.82, 2.24) is 9.97 Å². The molecule has 0 fully saturated rings. The van der Waals surface area contributed by atoms with E-state index in [-0.39, 0.29) is 5.69 Å². The van der Waals surface area contributed by atoms with E-state index in [1.807, 2.05) is 6.92 Å². The zero-order valence-corrected chi connectivity index (χ0v) is 11.9. The zero-order chi connectivity index (χ0) is 14.4. The minimum Gasteiger partial charge on any atom is -0.354 e. The van der Waals surface area contributed by atoms with Crippen LogP contribution in [0.5, 0.6) is 0 Å². The molecule has 1 heterocycles. The van der Waals surface area contributed by atoms with Crippen molar-refractivity contribution in [2.24, 2.45) is 5.92 Å². The van der Waals surface area contributed by atoms with Gasteiger partial charge in [-0.15, -0.1) is 0 Å². The highest BCUT2D eigenvalue weighted by Gasteiger charge is 2.21. The van der Waals surface area contributed by atoms with Crippen LogP contribution in [-0.4, -0.2) is 35.0 Å². The molecule has 1 aromatic rings. The van der Waals surface area contributed by atoms with E-state index >= 15 is 0 Å². The quantitative estimate of drug-likeness (QED) is 0.602. The van der Waals surface area contributed by atoms with Crippen molar-refractivity contribution in [3.63, 3.8) is 0 Å². The average molecular weight is 267 g/mol. The summed E-state index contributed by atoms with van der Waals surface area (Å²) in [4.78, 5) is 20.6. The Bertz CT molecular complexity index is 436. The Labute approximate surface area is 113 Å². The second-order valence-corrected chi connectivity index (χ2v) is 4.86. The summed E-state index contributed by atoms with van der Waals surface area (Å²) in [6.45, 7) is 7.58. The first-order valence-electron chi connectivity index (χ1n) is 6.42. The summed E-state index contributed by atoms with van der Waals surface area (Å²) < 4.78 is 0. The van der Waals surface area contributed by atoms with Crippen LogP contribution < -0.4 is 10.2 Å². The third-order valence-electron chi connectivity index (χ3n) is 2.48. The third-order valence-corrected chi connectivity index (χ3v) is 2.48. The van der Waals surface area contributed by atoms with Crippen molar-refractivity contribution < 1.29 is 4.92 Å². The van der Waals surface area contributed by atoms with E-state index in [0.29, 0.717) is 24.2 Å². The molecular formula is C12H21N5O2. The highest BCUT2D eigenvalue weighted by molar-refractivity contribution is 5.58. The molecule has 0 atom stereocenters. The molecule has 0 aliphatic carbocycles. The molecule has 0 aliphatic heterocycles. The number of aromatic nitrogens is 2. The maximum atomic E-state index is 11.0.